The first kappa shape index (κ1) is 19.4. The fraction of sp³-hybridized carbons (Fsp3) is 0.368. The molecule has 0 unspecified atom stereocenters. The molecule has 3 rings (SSSR count). The predicted octanol–water partition coefficient (Wildman–Crippen LogP) is 3.35. The van der Waals surface area contributed by atoms with Crippen molar-refractivity contribution < 1.29 is 13.2 Å². The second-order valence-electron chi connectivity index (χ2n) is 6.21. The lowest BCUT2D eigenvalue weighted by Gasteiger charge is -2.34. The Morgan fingerprint density at radius 3 is 2.35 bits per heavy atom. The van der Waals surface area contributed by atoms with E-state index in [4.69, 9.17) is 4.74 Å². The molecule has 0 radical (unpaired) electrons. The maximum Gasteiger partial charge on any atom is 0.243 e. The van der Waals surface area contributed by atoms with Crippen molar-refractivity contribution in [1.82, 2.24) is 9.21 Å². The van der Waals surface area contributed by atoms with Crippen molar-refractivity contribution in [2.75, 3.05) is 32.8 Å². The van der Waals surface area contributed by atoms with E-state index in [1.165, 1.54) is 5.56 Å². The first-order valence-electron chi connectivity index (χ1n) is 8.69. The van der Waals surface area contributed by atoms with Gasteiger partial charge in [-0.25, -0.2) is 8.42 Å². The molecule has 1 fully saturated rings. The van der Waals surface area contributed by atoms with E-state index in [0.29, 0.717) is 24.6 Å². The van der Waals surface area contributed by atoms with Gasteiger partial charge in [0.1, 0.15) is 5.75 Å². The van der Waals surface area contributed by atoms with Gasteiger partial charge in [-0.2, -0.15) is 4.31 Å². The number of nitrogens with zero attached hydrogens (tertiary/aromatic N) is 2. The minimum atomic E-state index is -3.43. The van der Waals surface area contributed by atoms with Crippen LogP contribution in [0.4, 0.5) is 0 Å². The number of piperazine rings is 1. The van der Waals surface area contributed by atoms with E-state index in [2.05, 4.69) is 33.0 Å². The molecule has 140 valence electrons. The molecule has 0 aromatic heterocycles. The average Bonchev–Trinajstić information content (AvgIpc) is 2.64. The van der Waals surface area contributed by atoms with Crippen LogP contribution < -0.4 is 4.74 Å². The summed E-state index contributed by atoms with van der Waals surface area (Å²) in [5.41, 5.74) is 1.21. The van der Waals surface area contributed by atoms with Gasteiger partial charge in [0, 0.05) is 37.2 Å². The van der Waals surface area contributed by atoms with E-state index < -0.39 is 10.0 Å². The minimum Gasteiger partial charge on any atom is -0.494 e. The van der Waals surface area contributed by atoms with E-state index in [1.807, 2.05) is 25.1 Å². The Bertz CT molecular complexity index is 832. The molecule has 5 nitrogen and oxygen atoms in total. The molecule has 0 atom stereocenters. The van der Waals surface area contributed by atoms with Crippen LogP contribution in [0.3, 0.4) is 0 Å². The molecular weight excluding hydrogens is 416 g/mol. The molecule has 1 heterocycles. The third kappa shape index (κ3) is 4.65. The Morgan fingerprint density at radius 1 is 1.04 bits per heavy atom. The fourth-order valence-electron chi connectivity index (χ4n) is 3.02. The van der Waals surface area contributed by atoms with Crippen molar-refractivity contribution in [2.24, 2.45) is 0 Å². The maximum atomic E-state index is 12.8. The normalized spacial score (nSPS) is 16.5. The van der Waals surface area contributed by atoms with Crippen molar-refractivity contribution in [3.8, 4) is 5.75 Å². The zero-order valence-corrected chi connectivity index (χ0v) is 17.2. The van der Waals surface area contributed by atoms with Gasteiger partial charge in [-0.1, -0.05) is 34.1 Å². The summed E-state index contributed by atoms with van der Waals surface area (Å²) < 4.78 is 33.4. The minimum absolute atomic E-state index is 0.340. The molecule has 0 bridgehead atoms. The molecule has 1 saturated heterocycles. The van der Waals surface area contributed by atoms with Gasteiger partial charge in [0.25, 0.3) is 0 Å². The number of halogens is 1. The topological polar surface area (TPSA) is 49.9 Å². The molecule has 1 aliphatic rings. The molecule has 2 aromatic rings. The van der Waals surface area contributed by atoms with Crippen LogP contribution in [-0.2, 0) is 16.6 Å². The SMILES string of the molecule is CCOc1ccc(CN2CCN(S(=O)(=O)c3cccc(Br)c3)CC2)cc1. The smallest absolute Gasteiger partial charge is 0.243 e. The Labute approximate surface area is 163 Å². The number of benzene rings is 2. The highest BCUT2D eigenvalue weighted by Gasteiger charge is 2.28. The second kappa shape index (κ2) is 8.52. The summed E-state index contributed by atoms with van der Waals surface area (Å²) in [5, 5.41) is 0. The number of hydrogen-bond donors (Lipinski definition) is 0. The van der Waals surface area contributed by atoms with Crippen LogP contribution in [-0.4, -0.2) is 50.4 Å². The third-order valence-corrected chi connectivity index (χ3v) is 6.79. The van der Waals surface area contributed by atoms with Gasteiger partial charge >= 0.3 is 0 Å². The molecule has 0 spiro atoms. The van der Waals surface area contributed by atoms with Crippen molar-refractivity contribution in [3.05, 3.63) is 58.6 Å². The highest BCUT2D eigenvalue weighted by atomic mass is 79.9. The Kier molecular flexibility index (Phi) is 6.34. The van der Waals surface area contributed by atoms with E-state index in [-0.39, 0.29) is 0 Å². The van der Waals surface area contributed by atoms with Gasteiger partial charge in [-0.15, -0.1) is 0 Å². The van der Waals surface area contributed by atoms with Gasteiger partial charge < -0.3 is 4.74 Å². The molecule has 0 saturated carbocycles. The van der Waals surface area contributed by atoms with E-state index >= 15 is 0 Å². The quantitative estimate of drug-likeness (QED) is 0.693. The van der Waals surface area contributed by atoms with Crippen LogP contribution in [0.1, 0.15) is 12.5 Å². The second-order valence-corrected chi connectivity index (χ2v) is 9.07. The van der Waals surface area contributed by atoms with Gasteiger partial charge in [0.05, 0.1) is 11.5 Å². The van der Waals surface area contributed by atoms with Crippen molar-refractivity contribution in [3.63, 3.8) is 0 Å². The molecule has 0 amide bonds. The first-order valence-corrected chi connectivity index (χ1v) is 10.9. The summed E-state index contributed by atoms with van der Waals surface area (Å²) in [5.74, 6) is 0.876. The zero-order chi connectivity index (χ0) is 18.6. The first-order chi connectivity index (χ1) is 12.5. The van der Waals surface area contributed by atoms with E-state index in [0.717, 1.165) is 29.9 Å². The molecule has 26 heavy (non-hydrogen) atoms. The zero-order valence-electron chi connectivity index (χ0n) is 14.8. The van der Waals surface area contributed by atoms with Gasteiger partial charge in [0.2, 0.25) is 10.0 Å². The summed E-state index contributed by atoms with van der Waals surface area (Å²) in [4.78, 5) is 2.62. The number of rotatable bonds is 6. The molecule has 1 aliphatic heterocycles. The largest absolute Gasteiger partial charge is 0.494 e. The Hall–Kier alpha value is -1.41. The van der Waals surface area contributed by atoms with Gasteiger partial charge in [-0.3, -0.25) is 4.90 Å². The van der Waals surface area contributed by atoms with Crippen LogP contribution in [0.15, 0.2) is 57.9 Å². The lowest BCUT2D eigenvalue weighted by atomic mass is 10.2. The van der Waals surface area contributed by atoms with E-state index in [1.54, 1.807) is 22.5 Å². The molecule has 0 N–H and O–H groups in total. The number of hydrogen-bond acceptors (Lipinski definition) is 4. The van der Waals surface area contributed by atoms with Crippen molar-refractivity contribution in [2.45, 2.75) is 18.4 Å². The molecule has 2 aromatic carbocycles. The van der Waals surface area contributed by atoms with Crippen LogP contribution in [0.2, 0.25) is 0 Å². The summed E-state index contributed by atoms with van der Waals surface area (Å²) in [7, 11) is -3.43. The lowest BCUT2D eigenvalue weighted by Crippen LogP contribution is -2.48. The van der Waals surface area contributed by atoms with Crippen LogP contribution in [0.25, 0.3) is 0 Å². The molecule has 0 aliphatic carbocycles. The van der Waals surface area contributed by atoms with Crippen LogP contribution in [0.5, 0.6) is 5.75 Å². The summed E-state index contributed by atoms with van der Waals surface area (Å²) >= 11 is 3.34. The Balaban J connectivity index is 1.58. The highest BCUT2D eigenvalue weighted by molar-refractivity contribution is 9.10. The predicted molar refractivity (Wildman–Crippen MR) is 106 cm³/mol. The standard InChI is InChI=1S/C19H23BrN2O3S/c1-2-25-18-8-6-16(7-9-18)15-21-10-12-22(13-11-21)26(23,24)19-5-3-4-17(20)14-19/h3-9,14H,2,10-13,15H2,1H3. The molecular formula is C19H23BrN2O3S. The summed E-state index contributed by atoms with van der Waals surface area (Å²) in [6.07, 6.45) is 0. The lowest BCUT2D eigenvalue weighted by molar-refractivity contribution is 0.181. The maximum absolute atomic E-state index is 12.8. The van der Waals surface area contributed by atoms with Crippen molar-refractivity contribution >= 4 is 26.0 Å². The van der Waals surface area contributed by atoms with Crippen LogP contribution in [0, 0.1) is 0 Å². The number of ether oxygens (including phenoxy) is 1. The fourth-order valence-corrected chi connectivity index (χ4v) is 5.04. The van der Waals surface area contributed by atoms with Gasteiger partial charge in [-0.05, 0) is 42.8 Å². The van der Waals surface area contributed by atoms with E-state index in [9.17, 15) is 8.42 Å². The Morgan fingerprint density at radius 2 is 1.73 bits per heavy atom. The number of sulfonamides is 1. The van der Waals surface area contributed by atoms with Crippen LogP contribution >= 0.6 is 15.9 Å². The van der Waals surface area contributed by atoms with Gasteiger partial charge in [0.15, 0.2) is 0 Å². The third-order valence-electron chi connectivity index (χ3n) is 4.41. The van der Waals surface area contributed by atoms with Crippen molar-refractivity contribution in [1.29, 1.82) is 0 Å². The average molecular weight is 439 g/mol. The summed E-state index contributed by atoms with van der Waals surface area (Å²) in [6.45, 7) is 5.90. The highest BCUT2D eigenvalue weighted by Crippen LogP contribution is 2.22. The summed E-state index contributed by atoms with van der Waals surface area (Å²) in [6, 6.07) is 15.0. The monoisotopic (exact) mass is 438 g/mol. The molecule has 7 heteroatoms.